The molecule has 0 unspecified atom stereocenters. The highest BCUT2D eigenvalue weighted by Crippen LogP contribution is 2.23. The fourth-order valence-electron chi connectivity index (χ4n) is 1.91. The van der Waals surface area contributed by atoms with Gasteiger partial charge in [0, 0.05) is 19.6 Å². The second kappa shape index (κ2) is 7.71. The highest BCUT2D eigenvalue weighted by molar-refractivity contribution is 14.0. The van der Waals surface area contributed by atoms with Crippen molar-refractivity contribution in [1.29, 1.82) is 0 Å². The Hall–Kier alpha value is -0.190. The molecular formula is C11H22F2IN3O2S. The first-order chi connectivity index (χ1) is 8.69. The summed E-state index contributed by atoms with van der Waals surface area (Å²) in [4.78, 5) is 5.57. The molecule has 20 heavy (non-hydrogen) atoms. The van der Waals surface area contributed by atoms with Gasteiger partial charge in [0.15, 0.2) is 15.8 Å². The summed E-state index contributed by atoms with van der Waals surface area (Å²) >= 11 is 0. The number of nitrogens with zero attached hydrogens (tertiary/aromatic N) is 2. The number of rotatable bonds is 3. The molecule has 1 aliphatic heterocycles. The summed E-state index contributed by atoms with van der Waals surface area (Å²) in [6.07, 6.45) is -2.50. The van der Waals surface area contributed by atoms with E-state index in [1.54, 1.807) is 18.7 Å². The Bertz CT molecular complexity index is 441. The third-order valence-corrected chi connectivity index (χ3v) is 5.59. The van der Waals surface area contributed by atoms with E-state index in [9.17, 15) is 17.2 Å². The smallest absolute Gasteiger partial charge is 0.257 e. The van der Waals surface area contributed by atoms with Crippen molar-refractivity contribution in [3.63, 3.8) is 0 Å². The number of halogens is 3. The fraction of sp³-hybridized carbons (Fsp3) is 0.909. The van der Waals surface area contributed by atoms with Crippen LogP contribution in [0.5, 0.6) is 0 Å². The molecule has 0 aliphatic carbocycles. The molecule has 0 bridgehead atoms. The van der Waals surface area contributed by atoms with Crippen LogP contribution < -0.4 is 5.32 Å². The van der Waals surface area contributed by atoms with Crippen LogP contribution in [0.25, 0.3) is 0 Å². The minimum atomic E-state index is -3.15. The van der Waals surface area contributed by atoms with E-state index in [0.29, 0.717) is 12.5 Å². The molecule has 9 heteroatoms. The second-order valence-electron chi connectivity index (χ2n) is 5.09. The van der Waals surface area contributed by atoms with Gasteiger partial charge in [-0.2, -0.15) is 0 Å². The molecule has 0 aromatic carbocycles. The van der Waals surface area contributed by atoms with Crippen molar-refractivity contribution < 1.29 is 17.2 Å². The lowest BCUT2D eigenvalue weighted by atomic mass is 10.2. The number of aliphatic imine (C=N–C) groups is 1. The molecule has 1 aliphatic rings. The number of hydrogen-bond donors (Lipinski definition) is 1. The van der Waals surface area contributed by atoms with Gasteiger partial charge in [-0.25, -0.2) is 22.2 Å². The standard InChI is InChI=1S/C11H21F2N3O2S.HI/c1-4-14-10(15-7-9(12)13)16-5-6-19(17,18)11(2,3)8-16;/h9H,4-8H2,1-3H3,(H,14,15);1H. The lowest BCUT2D eigenvalue weighted by molar-refractivity contribution is 0.158. The summed E-state index contributed by atoms with van der Waals surface area (Å²) in [7, 11) is -3.15. The fourth-order valence-corrected chi connectivity index (χ4v) is 3.27. The summed E-state index contributed by atoms with van der Waals surface area (Å²) in [6.45, 7) is 5.63. The van der Waals surface area contributed by atoms with Gasteiger partial charge in [-0.15, -0.1) is 24.0 Å². The number of alkyl halides is 2. The molecule has 120 valence electrons. The first-order valence-electron chi connectivity index (χ1n) is 6.23. The Balaban J connectivity index is 0.00000361. The summed E-state index contributed by atoms with van der Waals surface area (Å²) in [5, 5.41) is 2.92. The molecule has 1 rings (SSSR count). The van der Waals surface area contributed by atoms with Crippen LogP contribution in [0, 0.1) is 0 Å². The van der Waals surface area contributed by atoms with Crippen LogP contribution in [-0.2, 0) is 9.84 Å². The highest BCUT2D eigenvalue weighted by Gasteiger charge is 2.40. The predicted molar refractivity (Wildman–Crippen MR) is 86.8 cm³/mol. The van der Waals surface area contributed by atoms with Gasteiger partial charge in [0.1, 0.15) is 6.54 Å². The first-order valence-corrected chi connectivity index (χ1v) is 7.88. The zero-order valence-corrected chi connectivity index (χ0v) is 15.0. The predicted octanol–water partition coefficient (Wildman–Crippen LogP) is 1.34. The average molecular weight is 425 g/mol. The summed E-state index contributed by atoms with van der Waals surface area (Å²) < 4.78 is 47.3. The molecule has 0 saturated carbocycles. The number of sulfone groups is 1. The van der Waals surface area contributed by atoms with Crippen molar-refractivity contribution in [1.82, 2.24) is 10.2 Å². The van der Waals surface area contributed by atoms with Crippen LogP contribution in [0.2, 0.25) is 0 Å². The third kappa shape index (κ3) is 4.97. The molecular weight excluding hydrogens is 403 g/mol. The topological polar surface area (TPSA) is 61.8 Å². The van der Waals surface area contributed by atoms with Crippen molar-refractivity contribution >= 4 is 39.8 Å². The lowest BCUT2D eigenvalue weighted by Crippen LogP contribution is -2.57. The van der Waals surface area contributed by atoms with Crippen molar-refractivity contribution in [2.45, 2.75) is 31.9 Å². The van der Waals surface area contributed by atoms with Crippen LogP contribution in [0.15, 0.2) is 4.99 Å². The monoisotopic (exact) mass is 425 g/mol. The molecule has 0 spiro atoms. The molecule has 0 radical (unpaired) electrons. The van der Waals surface area contributed by atoms with Gasteiger partial charge in [-0.1, -0.05) is 0 Å². The summed E-state index contributed by atoms with van der Waals surface area (Å²) in [6, 6.07) is 0. The Labute approximate surface area is 136 Å². The van der Waals surface area contributed by atoms with Gasteiger partial charge in [0.2, 0.25) is 0 Å². The molecule has 1 saturated heterocycles. The van der Waals surface area contributed by atoms with Crippen LogP contribution in [0.3, 0.4) is 0 Å². The Kier molecular flexibility index (Phi) is 7.64. The molecule has 1 heterocycles. The van der Waals surface area contributed by atoms with E-state index >= 15 is 0 Å². The number of hydrogen-bond acceptors (Lipinski definition) is 3. The number of guanidine groups is 1. The van der Waals surface area contributed by atoms with Gasteiger partial charge >= 0.3 is 0 Å². The van der Waals surface area contributed by atoms with Crippen molar-refractivity contribution in [3.05, 3.63) is 0 Å². The highest BCUT2D eigenvalue weighted by atomic mass is 127. The second-order valence-corrected chi connectivity index (χ2v) is 7.83. The van der Waals surface area contributed by atoms with Gasteiger partial charge in [0.25, 0.3) is 6.43 Å². The van der Waals surface area contributed by atoms with E-state index in [4.69, 9.17) is 0 Å². The quantitative estimate of drug-likeness (QED) is 0.421. The summed E-state index contributed by atoms with van der Waals surface area (Å²) in [5.74, 6) is 0.366. The SMILES string of the molecule is CCNC(=NCC(F)F)N1CCS(=O)(=O)C(C)(C)C1.I. The van der Waals surface area contributed by atoms with Crippen molar-refractivity contribution in [2.75, 3.05) is 31.9 Å². The van der Waals surface area contributed by atoms with Crippen molar-refractivity contribution in [2.24, 2.45) is 4.99 Å². The van der Waals surface area contributed by atoms with E-state index in [0.717, 1.165) is 0 Å². The van der Waals surface area contributed by atoms with Gasteiger partial charge in [-0.3, -0.25) is 0 Å². The maximum absolute atomic E-state index is 12.2. The zero-order valence-electron chi connectivity index (χ0n) is 11.9. The van der Waals surface area contributed by atoms with E-state index < -0.39 is 27.6 Å². The average Bonchev–Trinajstić information content (AvgIpc) is 2.28. The summed E-state index contributed by atoms with van der Waals surface area (Å²) in [5.41, 5.74) is 0. The van der Waals surface area contributed by atoms with E-state index in [1.165, 1.54) is 0 Å². The Morgan fingerprint density at radius 3 is 2.50 bits per heavy atom. The Morgan fingerprint density at radius 1 is 1.45 bits per heavy atom. The van der Waals surface area contributed by atoms with Crippen LogP contribution in [0.1, 0.15) is 20.8 Å². The maximum atomic E-state index is 12.2. The molecule has 0 atom stereocenters. The van der Waals surface area contributed by atoms with Crippen LogP contribution in [0.4, 0.5) is 8.78 Å². The minimum absolute atomic E-state index is 0. The molecule has 0 amide bonds. The van der Waals surface area contributed by atoms with Gasteiger partial charge in [-0.05, 0) is 20.8 Å². The van der Waals surface area contributed by atoms with E-state index in [-0.39, 0.29) is 42.8 Å². The maximum Gasteiger partial charge on any atom is 0.257 e. The van der Waals surface area contributed by atoms with E-state index in [2.05, 4.69) is 10.3 Å². The molecule has 1 fully saturated rings. The Morgan fingerprint density at radius 2 is 2.05 bits per heavy atom. The molecule has 5 nitrogen and oxygen atoms in total. The molecule has 0 aromatic rings. The van der Waals surface area contributed by atoms with Crippen molar-refractivity contribution in [3.8, 4) is 0 Å². The normalized spacial score (nSPS) is 21.5. The lowest BCUT2D eigenvalue weighted by Gasteiger charge is -2.39. The zero-order chi connectivity index (χ0) is 14.7. The van der Waals surface area contributed by atoms with E-state index in [1.807, 2.05) is 6.92 Å². The third-order valence-electron chi connectivity index (χ3n) is 3.06. The van der Waals surface area contributed by atoms with Crippen LogP contribution >= 0.6 is 24.0 Å². The van der Waals surface area contributed by atoms with Gasteiger partial charge in [0.05, 0.1) is 10.5 Å². The molecule has 1 N–H and O–H groups in total. The number of nitrogens with one attached hydrogen (secondary N) is 1. The molecule has 0 aromatic heterocycles. The first kappa shape index (κ1) is 19.8. The van der Waals surface area contributed by atoms with Gasteiger partial charge < -0.3 is 10.2 Å². The largest absolute Gasteiger partial charge is 0.357 e. The van der Waals surface area contributed by atoms with Crippen LogP contribution in [-0.4, -0.2) is 62.4 Å². The minimum Gasteiger partial charge on any atom is -0.357 e.